The van der Waals surface area contributed by atoms with Gasteiger partial charge in [-0.05, 0) is 6.07 Å². The van der Waals surface area contributed by atoms with Crippen LogP contribution in [0, 0.1) is 0 Å². The first-order valence-corrected chi connectivity index (χ1v) is 5.21. The van der Waals surface area contributed by atoms with Gasteiger partial charge in [0, 0.05) is 12.3 Å². The van der Waals surface area contributed by atoms with Gasteiger partial charge in [0.25, 0.3) is 15.7 Å². The van der Waals surface area contributed by atoms with Crippen LogP contribution in [0.1, 0.15) is 0 Å². The summed E-state index contributed by atoms with van der Waals surface area (Å²) in [4.78, 5) is 11.1. The van der Waals surface area contributed by atoms with Crippen molar-refractivity contribution in [2.75, 3.05) is 0 Å². The monoisotopic (exact) mass is 219 g/mol. The van der Waals surface area contributed by atoms with E-state index < -0.39 is 27.7 Å². The minimum Gasteiger partial charge on any atom is -0.374 e. The topological polar surface area (TPSA) is 96.6 Å². The first-order chi connectivity index (χ1) is 6.41. The molecule has 1 rings (SSSR count). The number of pyridine rings is 1. The molecule has 1 aromatic rings. The van der Waals surface area contributed by atoms with Crippen LogP contribution in [0.3, 0.4) is 0 Å². The SMILES string of the molecule is O=c1ccccn1CC(O)S(=O)(=O)O. The van der Waals surface area contributed by atoms with Crippen LogP contribution in [0.4, 0.5) is 0 Å². The molecule has 1 unspecified atom stereocenters. The van der Waals surface area contributed by atoms with Gasteiger partial charge in [-0.15, -0.1) is 0 Å². The molecule has 0 aliphatic heterocycles. The molecule has 0 bridgehead atoms. The number of hydrogen-bond acceptors (Lipinski definition) is 4. The van der Waals surface area contributed by atoms with Crippen LogP contribution >= 0.6 is 0 Å². The predicted octanol–water partition coefficient (Wildman–Crippen LogP) is -0.945. The summed E-state index contributed by atoms with van der Waals surface area (Å²) in [6.45, 7) is -0.488. The van der Waals surface area contributed by atoms with Gasteiger partial charge in [-0.25, -0.2) is 0 Å². The molecule has 14 heavy (non-hydrogen) atoms. The first kappa shape index (κ1) is 10.9. The highest BCUT2D eigenvalue weighted by Gasteiger charge is 2.19. The molecule has 1 atom stereocenters. The largest absolute Gasteiger partial charge is 0.374 e. The molecular weight excluding hydrogens is 210 g/mol. The average Bonchev–Trinajstić information content (AvgIpc) is 2.07. The van der Waals surface area contributed by atoms with E-state index in [1.165, 1.54) is 24.4 Å². The van der Waals surface area contributed by atoms with Crippen LogP contribution in [0.25, 0.3) is 0 Å². The van der Waals surface area contributed by atoms with E-state index in [1.54, 1.807) is 0 Å². The zero-order chi connectivity index (χ0) is 10.8. The van der Waals surface area contributed by atoms with Crippen molar-refractivity contribution >= 4 is 10.1 Å². The summed E-state index contributed by atoms with van der Waals surface area (Å²) in [5, 5.41) is 8.97. The molecule has 0 amide bonds. The Balaban J connectivity index is 2.91. The lowest BCUT2D eigenvalue weighted by Crippen LogP contribution is -2.30. The van der Waals surface area contributed by atoms with E-state index in [0.717, 1.165) is 4.57 Å². The maximum absolute atomic E-state index is 11.1. The summed E-state index contributed by atoms with van der Waals surface area (Å²) < 4.78 is 30.3. The summed E-state index contributed by atoms with van der Waals surface area (Å²) in [6, 6.07) is 4.22. The third kappa shape index (κ3) is 2.66. The summed E-state index contributed by atoms with van der Waals surface area (Å²) in [6.07, 6.45) is 1.32. The fourth-order valence-corrected chi connectivity index (χ4v) is 1.22. The fourth-order valence-electron chi connectivity index (χ4n) is 0.874. The van der Waals surface area contributed by atoms with E-state index in [2.05, 4.69) is 0 Å². The van der Waals surface area contributed by atoms with Gasteiger partial charge in [-0.3, -0.25) is 9.35 Å². The van der Waals surface area contributed by atoms with Gasteiger partial charge < -0.3 is 9.67 Å². The van der Waals surface area contributed by atoms with Crippen LogP contribution in [0.15, 0.2) is 29.2 Å². The van der Waals surface area contributed by atoms with E-state index in [1.807, 2.05) is 0 Å². The zero-order valence-electron chi connectivity index (χ0n) is 7.07. The zero-order valence-corrected chi connectivity index (χ0v) is 7.88. The van der Waals surface area contributed by atoms with Crippen molar-refractivity contribution in [3.63, 3.8) is 0 Å². The Bertz CT molecular complexity index is 463. The molecular formula is C7H9NO5S. The van der Waals surface area contributed by atoms with E-state index >= 15 is 0 Å². The van der Waals surface area contributed by atoms with Gasteiger partial charge in [0.1, 0.15) is 0 Å². The lowest BCUT2D eigenvalue weighted by atomic mass is 10.5. The maximum Gasteiger partial charge on any atom is 0.293 e. The summed E-state index contributed by atoms with van der Waals surface area (Å²) in [5.41, 5.74) is -2.43. The van der Waals surface area contributed by atoms with Gasteiger partial charge in [0.15, 0.2) is 5.44 Å². The lowest BCUT2D eigenvalue weighted by molar-refractivity contribution is 0.211. The second-order valence-corrected chi connectivity index (χ2v) is 4.23. The fraction of sp³-hybridized carbons (Fsp3) is 0.286. The van der Waals surface area contributed by atoms with Crippen molar-refractivity contribution < 1.29 is 18.1 Å². The van der Waals surface area contributed by atoms with Crippen molar-refractivity contribution in [2.24, 2.45) is 0 Å². The Kier molecular flexibility index (Phi) is 3.04. The Morgan fingerprint density at radius 3 is 2.57 bits per heavy atom. The number of aliphatic hydroxyl groups is 1. The normalized spacial score (nSPS) is 13.9. The molecule has 0 saturated heterocycles. The van der Waals surface area contributed by atoms with Gasteiger partial charge in [0.05, 0.1) is 6.54 Å². The lowest BCUT2D eigenvalue weighted by Gasteiger charge is -2.08. The molecule has 0 radical (unpaired) electrons. The van der Waals surface area contributed by atoms with Crippen LogP contribution in [-0.4, -0.2) is 28.1 Å². The molecule has 2 N–H and O–H groups in total. The molecule has 7 heteroatoms. The highest BCUT2D eigenvalue weighted by atomic mass is 32.2. The standard InChI is InChI=1S/C7H9NO5S/c9-6-3-1-2-4-8(6)5-7(10)14(11,12)13/h1-4,7,10H,5H2,(H,11,12,13). The van der Waals surface area contributed by atoms with Crippen LogP contribution in [0.5, 0.6) is 0 Å². The maximum atomic E-state index is 11.1. The van der Waals surface area contributed by atoms with Crippen molar-refractivity contribution in [2.45, 2.75) is 12.0 Å². The molecule has 0 saturated carbocycles. The molecule has 0 fully saturated rings. The van der Waals surface area contributed by atoms with E-state index in [4.69, 9.17) is 9.66 Å². The van der Waals surface area contributed by atoms with E-state index in [9.17, 15) is 13.2 Å². The second kappa shape index (κ2) is 3.91. The highest BCUT2D eigenvalue weighted by molar-refractivity contribution is 7.86. The predicted molar refractivity (Wildman–Crippen MR) is 48.3 cm³/mol. The van der Waals surface area contributed by atoms with Crippen molar-refractivity contribution in [3.8, 4) is 0 Å². The van der Waals surface area contributed by atoms with Gasteiger partial charge in [-0.1, -0.05) is 6.07 Å². The molecule has 0 aliphatic rings. The number of nitrogens with zero attached hydrogens (tertiary/aromatic N) is 1. The van der Waals surface area contributed by atoms with Gasteiger partial charge in [0.2, 0.25) is 0 Å². The van der Waals surface area contributed by atoms with Crippen LogP contribution in [0.2, 0.25) is 0 Å². The van der Waals surface area contributed by atoms with Crippen LogP contribution < -0.4 is 5.56 Å². The van der Waals surface area contributed by atoms with Gasteiger partial charge in [-0.2, -0.15) is 8.42 Å². The Morgan fingerprint density at radius 1 is 1.43 bits per heavy atom. The highest BCUT2D eigenvalue weighted by Crippen LogP contribution is 1.96. The van der Waals surface area contributed by atoms with Crippen molar-refractivity contribution in [1.82, 2.24) is 4.57 Å². The minimum absolute atomic E-state index is 0.449. The smallest absolute Gasteiger partial charge is 0.293 e. The van der Waals surface area contributed by atoms with E-state index in [0.29, 0.717) is 0 Å². The third-order valence-corrected chi connectivity index (χ3v) is 2.43. The number of hydrogen-bond donors (Lipinski definition) is 2. The van der Waals surface area contributed by atoms with E-state index in [-0.39, 0.29) is 0 Å². The molecule has 1 heterocycles. The van der Waals surface area contributed by atoms with Crippen LogP contribution in [-0.2, 0) is 16.7 Å². The Labute approximate surface area is 80.2 Å². The molecule has 0 aliphatic carbocycles. The molecule has 0 spiro atoms. The first-order valence-electron chi connectivity index (χ1n) is 3.71. The summed E-state index contributed by atoms with van der Waals surface area (Å²) >= 11 is 0. The number of aliphatic hydroxyl groups excluding tert-OH is 1. The summed E-state index contributed by atoms with van der Waals surface area (Å²) in [7, 11) is -4.52. The minimum atomic E-state index is -4.52. The third-order valence-electron chi connectivity index (χ3n) is 1.60. The van der Waals surface area contributed by atoms with Crippen molar-refractivity contribution in [3.05, 3.63) is 34.7 Å². The number of rotatable bonds is 3. The van der Waals surface area contributed by atoms with Crippen molar-refractivity contribution in [1.29, 1.82) is 0 Å². The summed E-state index contributed by atoms with van der Waals surface area (Å²) in [5.74, 6) is 0. The molecule has 1 aromatic heterocycles. The number of aromatic nitrogens is 1. The Hall–Kier alpha value is -1.18. The molecule has 6 nitrogen and oxygen atoms in total. The second-order valence-electron chi connectivity index (χ2n) is 2.66. The molecule has 0 aromatic carbocycles. The van der Waals surface area contributed by atoms with Gasteiger partial charge >= 0.3 is 0 Å². The Morgan fingerprint density at radius 2 is 2.07 bits per heavy atom. The molecule has 78 valence electrons. The average molecular weight is 219 g/mol. The quantitative estimate of drug-likeness (QED) is 0.639.